The van der Waals surface area contributed by atoms with Crippen LogP contribution in [0.4, 0.5) is 4.39 Å². The minimum Gasteiger partial charge on any atom is -0.462 e. The van der Waals surface area contributed by atoms with Gasteiger partial charge < -0.3 is 14.2 Å². The summed E-state index contributed by atoms with van der Waals surface area (Å²) in [6, 6.07) is 23.5. The number of epoxide rings is 1. The largest absolute Gasteiger partial charge is 0.462 e. The zero-order chi connectivity index (χ0) is 26.0. The van der Waals surface area contributed by atoms with Gasteiger partial charge in [-0.1, -0.05) is 78.9 Å². The van der Waals surface area contributed by atoms with E-state index >= 15 is 4.39 Å². The predicted octanol–water partition coefficient (Wildman–Crippen LogP) is 4.36. The van der Waals surface area contributed by atoms with E-state index in [0.717, 1.165) is 0 Å². The van der Waals surface area contributed by atoms with Crippen LogP contribution in [0.1, 0.15) is 35.4 Å². The van der Waals surface area contributed by atoms with Crippen molar-refractivity contribution < 1.29 is 28.2 Å². The summed E-state index contributed by atoms with van der Waals surface area (Å²) in [5.74, 6) is -2.36. The molecule has 194 valence electrons. The fourth-order valence-electron chi connectivity index (χ4n) is 6.69. The molecule has 2 bridgehead atoms. The molecule has 1 aliphatic carbocycles. The SMILES string of the molecule is CN1C2CC(OC(=O)C(COC(=O)C3(F)c4ccccc4-c4ccccc43)c3ccccc3)CC1[C@@H]1O[C@H]21. The highest BCUT2D eigenvalue weighted by molar-refractivity contribution is 5.96. The Kier molecular flexibility index (Phi) is 5.42. The summed E-state index contributed by atoms with van der Waals surface area (Å²) in [6.45, 7) is -0.314. The lowest BCUT2D eigenvalue weighted by Gasteiger charge is -2.38. The molecule has 3 heterocycles. The summed E-state index contributed by atoms with van der Waals surface area (Å²) in [4.78, 5) is 29.3. The van der Waals surface area contributed by atoms with Crippen LogP contribution in [-0.4, -0.2) is 60.9 Å². The van der Waals surface area contributed by atoms with Crippen LogP contribution in [0.5, 0.6) is 0 Å². The third-order valence-electron chi connectivity index (χ3n) is 8.69. The number of nitrogens with zero attached hydrogens (tertiary/aromatic N) is 1. The minimum absolute atomic E-state index is 0.229. The summed E-state index contributed by atoms with van der Waals surface area (Å²) >= 11 is 0. The van der Waals surface area contributed by atoms with Gasteiger partial charge in [0.1, 0.15) is 30.8 Å². The summed E-state index contributed by atoms with van der Waals surface area (Å²) in [6.07, 6.45) is 1.66. The first-order valence-electron chi connectivity index (χ1n) is 13.1. The maximum Gasteiger partial charge on any atom is 0.353 e. The highest BCUT2D eigenvalue weighted by Gasteiger charge is 2.63. The molecular weight excluding hydrogens is 485 g/mol. The molecule has 3 aromatic carbocycles. The van der Waals surface area contributed by atoms with Crippen molar-refractivity contribution in [3.05, 3.63) is 95.6 Å². The van der Waals surface area contributed by atoms with Gasteiger partial charge in [-0.3, -0.25) is 9.69 Å². The second kappa shape index (κ2) is 8.75. The molecule has 38 heavy (non-hydrogen) atoms. The molecule has 6 atom stereocenters. The van der Waals surface area contributed by atoms with Crippen LogP contribution in [0.15, 0.2) is 78.9 Å². The number of ether oxygens (including phenoxy) is 3. The number of benzene rings is 3. The maximum atomic E-state index is 16.7. The van der Waals surface area contributed by atoms with Crippen molar-refractivity contribution in [1.82, 2.24) is 4.90 Å². The average molecular weight is 514 g/mol. The van der Waals surface area contributed by atoms with Crippen molar-refractivity contribution in [2.45, 2.75) is 54.8 Å². The summed E-state index contributed by atoms with van der Waals surface area (Å²) in [5.41, 5.74) is 0.0562. The van der Waals surface area contributed by atoms with Crippen molar-refractivity contribution in [3.63, 3.8) is 0 Å². The summed E-state index contributed by atoms with van der Waals surface area (Å²) < 4.78 is 34.1. The van der Waals surface area contributed by atoms with E-state index in [-0.39, 0.29) is 48.1 Å². The van der Waals surface area contributed by atoms with Gasteiger partial charge in [0.2, 0.25) is 0 Å². The molecule has 3 aromatic rings. The quantitative estimate of drug-likeness (QED) is 0.360. The van der Waals surface area contributed by atoms with Crippen LogP contribution >= 0.6 is 0 Å². The van der Waals surface area contributed by atoms with E-state index in [4.69, 9.17) is 14.2 Å². The molecule has 7 rings (SSSR count). The molecule has 6 nitrogen and oxygen atoms in total. The molecule has 0 spiro atoms. The third kappa shape index (κ3) is 3.52. The molecule has 3 saturated heterocycles. The Morgan fingerprint density at radius 2 is 1.47 bits per heavy atom. The number of hydrogen-bond donors (Lipinski definition) is 0. The van der Waals surface area contributed by atoms with E-state index in [9.17, 15) is 9.59 Å². The third-order valence-corrected chi connectivity index (χ3v) is 8.69. The number of morpholine rings is 1. The number of fused-ring (bicyclic) bond motifs is 8. The maximum absolute atomic E-state index is 16.7. The Bertz CT molecular complexity index is 1350. The van der Waals surface area contributed by atoms with E-state index < -0.39 is 23.5 Å². The van der Waals surface area contributed by atoms with Crippen LogP contribution in [-0.2, 0) is 29.5 Å². The van der Waals surface area contributed by atoms with E-state index in [1.807, 2.05) is 30.3 Å². The molecule has 3 aliphatic heterocycles. The zero-order valence-corrected chi connectivity index (χ0v) is 21.0. The second-order valence-corrected chi connectivity index (χ2v) is 10.7. The smallest absolute Gasteiger partial charge is 0.353 e. The van der Waals surface area contributed by atoms with Crippen LogP contribution in [0.3, 0.4) is 0 Å². The highest BCUT2D eigenvalue weighted by atomic mass is 19.1. The first-order valence-corrected chi connectivity index (χ1v) is 13.1. The highest BCUT2D eigenvalue weighted by Crippen LogP contribution is 2.51. The first-order chi connectivity index (χ1) is 18.5. The van der Waals surface area contributed by atoms with Gasteiger partial charge in [0, 0.05) is 36.1 Å². The fraction of sp³-hybridized carbons (Fsp3) is 0.355. The lowest BCUT2D eigenvalue weighted by molar-refractivity contribution is -0.162. The van der Waals surface area contributed by atoms with Crippen molar-refractivity contribution in [2.75, 3.05) is 13.7 Å². The van der Waals surface area contributed by atoms with Gasteiger partial charge in [-0.25, -0.2) is 9.18 Å². The van der Waals surface area contributed by atoms with Crippen molar-refractivity contribution >= 4 is 11.9 Å². The molecule has 0 aromatic heterocycles. The molecule has 3 fully saturated rings. The van der Waals surface area contributed by atoms with Crippen LogP contribution in [0, 0.1) is 0 Å². The van der Waals surface area contributed by atoms with E-state index in [1.54, 1.807) is 48.5 Å². The van der Waals surface area contributed by atoms with Gasteiger partial charge in [0.25, 0.3) is 5.67 Å². The number of halogens is 1. The van der Waals surface area contributed by atoms with E-state index in [2.05, 4.69) is 11.9 Å². The number of carbonyl (C=O) groups is 2. The number of piperidine rings is 1. The lowest BCUT2D eigenvalue weighted by Crippen LogP contribution is -2.48. The summed E-state index contributed by atoms with van der Waals surface area (Å²) in [7, 11) is 2.10. The molecular formula is C31H28FNO5. The molecule has 4 aliphatic rings. The Morgan fingerprint density at radius 3 is 2.08 bits per heavy atom. The fourth-order valence-corrected chi connectivity index (χ4v) is 6.69. The number of carbonyl (C=O) groups excluding carboxylic acids is 2. The molecule has 4 unspecified atom stereocenters. The minimum atomic E-state index is -2.45. The van der Waals surface area contributed by atoms with Gasteiger partial charge in [-0.05, 0) is 23.7 Å². The van der Waals surface area contributed by atoms with Crippen LogP contribution < -0.4 is 0 Å². The Labute approximate surface area is 220 Å². The van der Waals surface area contributed by atoms with Gasteiger partial charge in [-0.2, -0.15) is 0 Å². The Balaban J connectivity index is 1.11. The molecule has 0 amide bonds. The van der Waals surface area contributed by atoms with Crippen molar-refractivity contribution in [3.8, 4) is 11.1 Å². The standard InChI is InChI=1S/C31H28FNO5/c1-33-25-15-19(16-26(33)28-27(25)38-28)37-29(34)22(18-9-3-2-4-10-18)17-36-30(35)31(32)23-13-7-5-11-20(23)21-12-6-8-14-24(21)31/h2-14,19,22,25-28H,15-17H2,1H3/t19?,22?,25?,26?,27-,28+. The van der Waals surface area contributed by atoms with Gasteiger partial charge >= 0.3 is 11.9 Å². The number of esters is 2. The number of alkyl halides is 1. The number of rotatable bonds is 6. The Morgan fingerprint density at radius 1 is 0.921 bits per heavy atom. The predicted molar refractivity (Wildman–Crippen MR) is 137 cm³/mol. The summed E-state index contributed by atoms with van der Waals surface area (Å²) in [5, 5.41) is 0. The molecule has 0 saturated carbocycles. The average Bonchev–Trinajstić information content (AvgIpc) is 3.66. The monoisotopic (exact) mass is 513 g/mol. The lowest BCUT2D eigenvalue weighted by atomic mass is 9.93. The second-order valence-electron chi connectivity index (χ2n) is 10.7. The van der Waals surface area contributed by atoms with Crippen molar-refractivity contribution in [2.24, 2.45) is 0 Å². The van der Waals surface area contributed by atoms with Gasteiger partial charge in [0.15, 0.2) is 0 Å². The molecule has 7 heteroatoms. The van der Waals surface area contributed by atoms with E-state index in [1.165, 1.54) is 0 Å². The van der Waals surface area contributed by atoms with Gasteiger partial charge in [-0.15, -0.1) is 0 Å². The molecule has 0 N–H and O–H groups in total. The van der Waals surface area contributed by atoms with E-state index in [0.29, 0.717) is 29.5 Å². The number of hydrogen-bond acceptors (Lipinski definition) is 6. The zero-order valence-electron chi connectivity index (χ0n) is 21.0. The molecule has 0 radical (unpaired) electrons. The normalized spacial score (nSPS) is 28.5. The first kappa shape index (κ1) is 23.6. The van der Waals surface area contributed by atoms with Crippen LogP contribution in [0.2, 0.25) is 0 Å². The number of likely N-dealkylation sites (N-methyl/N-ethyl adjacent to an activating group) is 1. The Hall–Kier alpha value is -3.55. The van der Waals surface area contributed by atoms with Crippen LogP contribution in [0.25, 0.3) is 11.1 Å². The van der Waals surface area contributed by atoms with Gasteiger partial charge in [0.05, 0.1) is 0 Å². The van der Waals surface area contributed by atoms with Crippen molar-refractivity contribution in [1.29, 1.82) is 0 Å². The topological polar surface area (TPSA) is 68.4 Å².